The lowest BCUT2D eigenvalue weighted by Crippen LogP contribution is -2.21. The van der Waals surface area contributed by atoms with E-state index < -0.39 is 10.8 Å². The summed E-state index contributed by atoms with van der Waals surface area (Å²) in [4.78, 5) is 22.4. The zero-order chi connectivity index (χ0) is 17.9. The van der Waals surface area contributed by atoms with Gasteiger partial charge in [0.15, 0.2) is 6.61 Å². The quantitative estimate of drug-likeness (QED) is 0.620. The Kier molecular flexibility index (Phi) is 5.64. The van der Waals surface area contributed by atoms with E-state index in [1.807, 2.05) is 19.9 Å². The lowest BCUT2D eigenvalue weighted by Gasteiger charge is -2.12. The van der Waals surface area contributed by atoms with Crippen LogP contribution in [0, 0.1) is 24.0 Å². The van der Waals surface area contributed by atoms with E-state index in [9.17, 15) is 14.9 Å². The molecule has 0 heterocycles. The summed E-state index contributed by atoms with van der Waals surface area (Å²) in [5, 5.41) is 14.0. The average molecular weight is 369 g/mol. The van der Waals surface area contributed by atoms with Crippen LogP contribution in [0.1, 0.15) is 11.1 Å². The van der Waals surface area contributed by atoms with Crippen LogP contribution in [-0.2, 0) is 4.79 Å². The van der Waals surface area contributed by atoms with Crippen molar-refractivity contribution in [2.45, 2.75) is 13.8 Å². The Hall–Kier alpha value is -2.31. The number of hydrogen-bond acceptors (Lipinski definition) is 4. The van der Waals surface area contributed by atoms with E-state index in [-0.39, 0.29) is 23.0 Å². The summed E-state index contributed by atoms with van der Waals surface area (Å²) in [5.74, 6) is -0.139. The predicted octanol–water partition coefficient (Wildman–Crippen LogP) is 4.54. The highest BCUT2D eigenvalue weighted by molar-refractivity contribution is 6.32. The number of anilines is 1. The standard InChI is InChI=1S/C16H14Cl2N2O4/c1-9-5-10(2)16(12(18)6-9)24-8-15(21)19-13-4-3-11(17)7-14(13)20(22)23/h3-7H,8H2,1-2H3,(H,19,21). The first-order chi connectivity index (χ1) is 11.3. The fraction of sp³-hybridized carbons (Fsp3) is 0.188. The van der Waals surface area contributed by atoms with Crippen LogP contribution in [0.2, 0.25) is 10.0 Å². The third-order valence-electron chi connectivity index (χ3n) is 3.15. The number of carbonyl (C=O) groups is 1. The summed E-state index contributed by atoms with van der Waals surface area (Å²) in [6.45, 7) is 3.38. The molecule has 0 radical (unpaired) electrons. The van der Waals surface area contributed by atoms with Crippen LogP contribution in [-0.4, -0.2) is 17.4 Å². The zero-order valence-electron chi connectivity index (χ0n) is 12.9. The summed E-state index contributed by atoms with van der Waals surface area (Å²) < 4.78 is 5.44. The topological polar surface area (TPSA) is 81.5 Å². The molecular formula is C16H14Cl2N2O4. The number of nitrogens with zero attached hydrogens (tertiary/aromatic N) is 1. The Morgan fingerprint density at radius 3 is 2.58 bits per heavy atom. The molecule has 0 bridgehead atoms. The summed E-state index contributed by atoms with van der Waals surface area (Å²) in [5.41, 5.74) is 1.53. The largest absolute Gasteiger partial charge is 0.482 e. The summed E-state index contributed by atoms with van der Waals surface area (Å²) in [6.07, 6.45) is 0. The van der Waals surface area contributed by atoms with Gasteiger partial charge in [0.2, 0.25) is 0 Å². The number of ether oxygens (including phenoxy) is 1. The van der Waals surface area contributed by atoms with Gasteiger partial charge in [-0.3, -0.25) is 14.9 Å². The van der Waals surface area contributed by atoms with Gasteiger partial charge in [-0.05, 0) is 43.2 Å². The first-order valence-electron chi connectivity index (χ1n) is 6.91. The molecule has 126 valence electrons. The van der Waals surface area contributed by atoms with Crippen molar-refractivity contribution < 1.29 is 14.5 Å². The monoisotopic (exact) mass is 368 g/mol. The number of nitro groups is 1. The van der Waals surface area contributed by atoms with Crippen molar-refractivity contribution in [1.82, 2.24) is 0 Å². The van der Waals surface area contributed by atoms with Crippen LogP contribution in [0.3, 0.4) is 0 Å². The SMILES string of the molecule is Cc1cc(C)c(OCC(=O)Nc2ccc(Cl)cc2[N+](=O)[O-])c(Cl)c1. The molecule has 0 atom stereocenters. The maximum Gasteiger partial charge on any atom is 0.294 e. The summed E-state index contributed by atoms with van der Waals surface area (Å²) in [6, 6.07) is 7.59. The Morgan fingerprint density at radius 1 is 1.25 bits per heavy atom. The first kappa shape index (κ1) is 18.0. The maximum absolute atomic E-state index is 12.0. The van der Waals surface area contributed by atoms with E-state index >= 15 is 0 Å². The Labute approximate surface area is 148 Å². The third-order valence-corrected chi connectivity index (χ3v) is 3.67. The number of rotatable bonds is 5. The van der Waals surface area contributed by atoms with Crippen LogP contribution in [0.15, 0.2) is 30.3 Å². The van der Waals surface area contributed by atoms with Gasteiger partial charge < -0.3 is 10.1 Å². The van der Waals surface area contributed by atoms with Crippen LogP contribution in [0.25, 0.3) is 0 Å². The van der Waals surface area contributed by atoms with Crippen molar-refractivity contribution in [3.8, 4) is 5.75 Å². The van der Waals surface area contributed by atoms with E-state index in [1.54, 1.807) is 6.07 Å². The van der Waals surface area contributed by atoms with Gasteiger partial charge in [0, 0.05) is 11.1 Å². The van der Waals surface area contributed by atoms with Gasteiger partial charge in [0.25, 0.3) is 11.6 Å². The number of nitro benzene ring substituents is 1. The molecule has 24 heavy (non-hydrogen) atoms. The predicted molar refractivity (Wildman–Crippen MR) is 93.2 cm³/mol. The average Bonchev–Trinajstić information content (AvgIpc) is 2.47. The number of amides is 1. The van der Waals surface area contributed by atoms with Crippen LogP contribution in [0.5, 0.6) is 5.75 Å². The van der Waals surface area contributed by atoms with Crippen LogP contribution < -0.4 is 10.1 Å². The van der Waals surface area contributed by atoms with E-state index in [1.165, 1.54) is 18.2 Å². The Bertz CT molecular complexity index is 786. The van der Waals surface area contributed by atoms with Crippen LogP contribution >= 0.6 is 23.2 Å². The molecular weight excluding hydrogens is 355 g/mol. The zero-order valence-corrected chi connectivity index (χ0v) is 14.4. The molecule has 2 aromatic rings. The molecule has 0 aliphatic rings. The normalized spacial score (nSPS) is 10.3. The number of hydrogen-bond donors (Lipinski definition) is 1. The molecule has 0 aliphatic carbocycles. The minimum Gasteiger partial charge on any atom is -0.482 e. The van der Waals surface area contributed by atoms with E-state index in [0.29, 0.717) is 10.8 Å². The van der Waals surface area contributed by atoms with Gasteiger partial charge in [-0.25, -0.2) is 0 Å². The number of carbonyl (C=O) groups excluding carboxylic acids is 1. The molecule has 0 spiro atoms. The first-order valence-corrected chi connectivity index (χ1v) is 7.67. The van der Waals surface area contributed by atoms with E-state index in [0.717, 1.165) is 11.1 Å². The molecule has 1 amide bonds. The molecule has 0 fully saturated rings. The van der Waals surface area contributed by atoms with E-state index in [4.69, 9.17) is 27.9 Å². The molecule has 8 heteroatoms. The van der Waals surface area contributed by atoms with Gasteiger partial charge in [0.1, 0.15) is 11.4 Å². The molecule has 2 rings (SSSR count). The van der Waals surface area contributed by atoms with Gasteiger partial charge in [-0.15, -0.1) is 0 Å². The number of benzene rings is 2. The highest BCUT2D eigenvalue weighted by Gasteiger charge is 2.17. The number of aryl methyl sites for hydroxylation is 2. The van der Waals surface area contributed by atoms with Crippen molar-refractivity contribution >= 4 is 40.5 Å². The highest BCUT2D eigenvalue weighted by Crippen LogP contribution is 2.30. The summed E-state index contributed by atoms with van der Waals surface area (Å²) >= 11 is 11.8. The van der Waals surface area contributed by atoms with Crippen molar-refractivity contribution in [3.63, 3.8) is 0 Å². The molecule has 6 nitrogen and oxygen atoms in total. The molecule has 0 unspecified atom stereocenters. The van der Waals surface area contributed by atoms with E-state index in [2.05, 4.69) is 5.32 Å². The fourth-order valence-corrected chi connectivity index (χ4v) is 2.71. The number of halogens is 2. The van der Waals surface area contributed by atoms with Crippen molar-refractivity contribution in [2.75, 3.05) is 11.9 Å². The van der Waals surface area contributed by atoms with Gasteiger partial charge in [-0.2, -0.15) is 0 Å². The highest BCUT2D eigenvalue weighted by atomic mass is 35.5. The minimum atomic E-state index is -0.622. The lowest BCUT2D eigenvalue weighted by molar-refractivity contribution is -0.383. The Morgan fingerprint density at radius 2 is 1.96 bits per heavy atom. The smallest absolute Gasteiger partial charge is 0.294 e. The van der Waals surface area contributed by atoms with Crippen molar-refractivity contribution in [2.24, 2.45) is 0 Å². The van der Waals surface area contributed by atoms with Crippen LogP contribution in [0.4, 0.5) is 11.4 Å². The second kappa shape index (κ2) is 7.51. The number of nitrogens with one attached hydrogen (secondary N) is 1. The molecule has 0 aromatic heterocycles. The minimum absolute atomic E-state index is 0.0460. The van der Waals surface area contributed by atoms with Crippen molar-refractivity contribution in [3.05, 3.63) is 61.6 Å². The third kappa shape index (κ3) is 4.37. The Balaban J connectivity index is 2.09. The lowest BCUT2D eigenvalue weighted by atomic mass is 10.1. The maximum atomic E-state index is 12.0. The molecule has 0 aliphatic heterocycles. The molecule has 1 N–H and O–H groups in total. The van der Waals surface area contributed by atoms with Gasteiger partial charge >= 0.3 is 0 Å². The molecule has 0 saturated heterocycles. The second-order valence-corrected chi connectivity index (χ2v) is 5.99. The van der Waals surface area contributed by atoms with Crippen molar-refractivity contribution in [1.29, 1.82) is 0 Å². The molecule has 0 saturated carbocycles. The van der Waals surface area contributed by atoms with Gasteiger partial charge in [0.05, 0.1) is 9.95 Å². The second-order valence-electron chi connectivity index (χ2n) is 5.15. The molecule has 2 aromatic carbocycles. The fourth-order valence-electron chi connectivity index (χ4n) is 2.17. The summed E-state index contributed by atoms with van der Waals surface area (Å²) in [7, 11) is 0. The van der Waals surface area contributed by atoms with Gasteiger partial charge in [-0.1, -0.05) is 29.3 Å².